The molecule has 0 spiro atoms. The maximum Gasteiger partial charge on any atom is 0.513 e. The topological polar surface area (TPSA) is 95.1 Å². The minimum Gasteiger partial charge on any atom is -0.489 e. The maximum atomic E-state index is 13.4. The van der Waals surface area contributed by atoms with Gasteiger partial charge in [0.1, 0.15) is 35.6 Å². The van der Waals surface area contributed by atoms with Crippen LogP contribution in [0.15, 0.2) is 102 Å². The third-order valence-corrected chi connectivity index (χ3v) is 6.47. The molecule has 9 heteroatoms. The van der Waals surface area contributed by atoms with Crippen LogP contribution in [0.25, 0.3) is 0 Å². The molecule has 0 saturated carbocycles. The van der Waals surface area contributed by atoms with E-state index in [2.05, 4.69) is 10.6 Å². The Hall–Kier alpha value is -4.79. The van der Waals surface area contributed by atoms with Crippen LogP contribution in [0.1, 0.15) is 56.3 Å². The summed E-state index contributed by atoms with van der Waals surface area (Å²) in [4.78, 5) is 25.6. The average Bonchev–Trinajstić information content (AvgIpc) is 2.96. The van der Waals surface area contributed by atoms with Crippen molar-refractivity contribution in [3.05, 3.63) is 124 Å². The number of carbonyl (C=O) groups is 2. The van der Waals surface area contributed by atoms with Gasteiger partial charge in [-0.15, -0.1) is 0 Å². The van der Waals surface area contributed by atoms with Crippen LogP contribution in [0, 0.1) is 5.82 Å². The first kappa shape index (κ1) is 29.2. The smallest absolute Gasteiger partial charge is 0.489 e. The van der Waals surface area contributed by atoms with Crippen molar-refractivity contribution in [2.24, 2.45) is 0 Å². The number of benzene rings is 3. The fourth-order valence-electron chi connectivity index (χ4n) is 4.47. The van der Waals surface area contributed by atoms with Crippen LogP contribution >= 0.6 is 0 Å². The highest BCUT2D eigenvalue weighted by molar-refractivity contribution is 5.70. The van der Waals surface area contributed by atoms with Gasteiger partial charge in [-0.3, -0.25) is 0 Å². The van der Waals surface area contributed by atoms with Crippen LogP contribution in [-0.4, -0.2) is 18.9 Å². The zero-order valence-corrected chi connectivity index (χ0v) is 23.4. The molecule has 8 nitrogen and oxygen atoms in total. The number of allylic oxidation sites excluding steroid dienone is 2. The average molecular weight is 561 g/mol. The molecule has 1 unspecified atom stereocenters. The second-order valence-corrected chi connectivity index (χ2v) is 9.44. The molecule has 1 aliphatic heterocycles. The van der Waals surface area contributed by atoms with Gasteiger partial charge in [-0.2, -0.15) is 0 Å². The summed E-state index contributed by atoms with van der Waals surface area (Å²) < 4.78 is 36.2. The molecule has 214 valence electrons. The van der Waals surface area contributed by atoms with Crippen LogP contribution in [0.3, 0.4) is 0 Å². The second kappa shape index (κ2) is 13.5. The highest BCUT2D eigenvalue weighted by Gasteiger charge is 2.37. The Morgan fingerprint density at radius 1 is 0.902 bits per heavy atom. The van der Waals surface area contributed by atoms with Crippen LogP contribution in [0.2, 0.25) is 0 Å². The van der Waals surface area contributed by atoms with Crippen molar-refractivity contribution in [1.29, 1.82) is 0 Å². The third kappa shape index (κ3) is 7.45. The zero-order valence-electron chi connectivity index (χ0n) is 23.4. The Kier molecular flexibility index (Phi) is 9.63. The van der Waals surface area contributed by atoms with Gasteiger partial charge in [0.25, 0.3) is 0 Å². The molecule has 2 atom stereocenters. The number of nitrogens with one attached hydrogen (secondary N) is 2. The van der Waals surface area contributed by atoms with Gasteiger partial charge in [-0.05, 0) is 57.0 Å². The van der Waals surface area contributed by atoms with E-state index in [4.69, 9.17) is 18.9 Å². The molecule has 1 amide bonds. The van der Waals surface area contributed by atoms with Crippen molar-refractivity contribution in [2.75, 3.05) is 6.61 Å². The molecule has 0 bridgehead atoms. The first-order valence-corrected chi connectivity index (χ1v) is 13.3. The molecule has 0 saturated heterocycles. The summed E-state index contributed by atoms with van der Waals surface area (Å²) in [6.07, 6.45) is -1.57. The van der Waals surface area contributed by atoms with E-state index in [0.717, 1.165) is 11.1 Å². The number of ether oxygens (including phenoxy) is 4. The lowest BCUT2D eigenvalue weighted by Gasteiger charge is -2.31. The van der Waals surface area contributed by atoms with Crippen LogP contribution in [-0.2, 0) is 20.8 Å². The monoisotopic (exact) mass is 560 g/mol. The Morgan fingerprint density at radius 3 is 2.22 bits per heavy atom. The van der Waals surface area contributed by atoms with Crippen LogP contribution in [0.4, 0.5) is 14.0 Å². The van der Waals surface area contributed by atoms with Crippen molar-refractivity contribution >= 4 is 12.2 Å². The molecular weight excluding hydrogens is 527 g/mol. The van der Waals surface area contributed by atoms with Gasteiger partial charge in [0.15, 0.2) is 0 Å². The van der Waals surface area contributed by atoms with E-state index in [0.29, 0.717) is 22.7 Å². The number of alkyl carbamates (subject to hydrolysis) is 1. The Balaban J connectivity index is 1.67. The molecule has 3 aromatic carbocycles. The van der Waals surface area contributed by atoms with Gasteiger partial charge in [0, 0.05) is 5.56 Å². The lowest BCUT2D eigenvalue weighted by Crippen LogP contribution is -2.33. The summed E-state index contributed by atoms with van der Waals surface area (Å²) in [5, 5.41) is 6.00. The number of halogens is 1. The lowest BCUT2D eigenvalue weighted by atomic mass is 9.90. The lowest BCUT2D eigenvalue weighted by molar-refractivity contribution is 0.0743. The molecule has 0 fully saturated rings. The number of hydrogen-bond donors (Lipinski definition) is 2. The molecule has 0 aromatic heterocycles. The standard InChI is InChI=1S/C32H33FN2O6/c1-5-38-32(37)41-30-22(4)34-21(3)29(40-31(36)35-20(2)24-11-7-6-8-12-24)28(30)26-13-9-10-14-27(26)39-19-23-15-17-25(33)18-16-23/h6-18,20,28,34H,5,19H2,1-4H3,(H,35,36)/t20-,28?/m1/s1. The van der Waals surface area contributed by atoms with Gasteiger partial charge in [0.2, 0.25) is 0 Å². The second-order valence-electron chi connectivity index (χ2n) is 9.44. The molecule has 3 aromatic rings. The van der Waals surface area contributed by atoms with Crippen molar-refractivity contribution in [3.8, 4) is 5.75 Å². The fraction of sp³-hybridized carbons (Fsp3) is 0.250. The van der Waals surface area contributed by atoms with Gasteiger partial charge in [0.05, 0.1) is 24.0 Å². The molecular formula is C32H33FN2O6. The number of para-hydroxylation sites is 1. The van der Waals surface area contributed by atoms with Gasteiger partial charge in [-0.25, -0.2) is 14.0 Å². The van der Waals surface area contributed by atoms with Crippen molar-refractivity contribution in [3.63, 3.8) is 0 Å². The molecule has 41 heavy (non-hydrogen) atoms. The highest BCUT2D eigenvalue weighted by Crippen LogP contribution is 2.43. The summed E-state index contributed by atoms with van der Waals surface area (Å²) in [6, 6.07) is 22.4. The molecule has 4 rings (SSSR count). The van der Waals surface area contributed by atoms with Crippen molar-refractivity contribution in [1.82, 2.24) is 10.6 Å². The minimum absolute atomic E-state index is 0.124. The van der Waals surface area contributed by atoms with E-state index in [9.17, 15) is 14.0 Å². The third-order valence-electron chi connectivity index (χ3n) is 6.47. The Morgan fingerprint density at radius 2 is 1.54 bits per heavy atom. The quantitative estimate of drug-likeness (QED) is 0.267. The first-order chi connectivity index (χ1) is 19.8. The van der Waals surface area contributed by atoms with E-state index in [1.807, 2.05) is 43.3 Å². The molecule has 0 radical (unpaired) electrons. The largest absolute Gasteiger partial charge is 0.513 e. The Bertz CT molecular complexity index is 1440. The highest BCUT2D eigenvalue weighted by atomic mass is 19.1. The SMILES string of the molecule is CCOC(=O)OC1=C(C)NC(C)=C(OC(=O)N[C@H](C)c2ccccc2)C1c1ccccc1OCc1ccc(F)cc1. The number of rotatable bonds is 9. The Labute approximate surface area is 238 Å². The summed E-state index contributed by atoms with van der Waals surface area (Å²) in [5.41, 5.74) is 3.36. The number of carbonyl (C=O) groups excluding carboxylic acids is 2. The predicted octanol–water partition coefficient (Wildman–Crippen LogP) is 7.22. The van der Waals surface area contributed by atoms with Gasteiger partial charge < -0.3 is 29.6 Å². The summed E-state index contributed by atoms with van der Waals surface area (Å²) in [5.74, 6) is -0.278. The summed E-state index contributed by atoms with van der Waals surface area (Å²) in [6.45, 7) is 7.33. The summed E-state index contributed by atoms with van der Waals surface area (Å²) >= 11 is 0. The zero-order chi connectivity index (χ0) is 29.4. The fourth-order valence-corrected chi connectivity index (χ4v) is 4.47. The predicted molar refractivity (Wildman–Crippen MR) is 151 cm³/mol. The molecule has 2 N–H and O–H groups in total. The van der Waals surface area contributed by atoms with Gasteiger partial charge in [-0.1, -0.05) is 60.7 Å². The van der Waals surface area contributed by atoms with E-state index in [1.165, 1.54) is 12.1 Å². The number of amides is 1. The maximum absolute atomic E-state index is 13.4. The van der Waals surface area contributed by atoms with E-state index < -0.39 is 18.2 Å². The van der Waals surface area contributed by atoms with Gasteiger partial charge >= 0.3 is 12.2 Å². The summed E-state index contributed by atoms with van der Waals surface area (Å²) in [7, 11) is 0. The van der Waals surface area contributed by atoms with Crippen LogP contribution < -0.4 is 15.4 Å². The molecule has 1 aliphatic rings. The molecule has 0 aliphatic carbocycles. The van der Waals surface area contributed by atoms with E-state index in [-0.39, 0.29) is 36.6 Å². The van der Waals surface area contributed by atoms with E-state index >= 15 is 0 Å². The normalized spacial score (nSPS) is 15.5. The van der Waals surface area contributed by atoms with Crippen LogP contribution in [0.5, 0.6) is 5.75 Å². The minimum atomic E-state index is -0.889. The van der Waals surface area contributed by atoms with Crippen molar-refractivity contribution < 1.29 is 32.9 Å². The number of dihydropyridines is 1. The number of hydrogen-bond acceptors (Lipinski definition) is 7. The van der Waals surface area contributed by atoms with Crippen molar-refractivity contribution in [2.45, 2.75) is 46.3 Å². The first-order valence-electron chi connectivity index (χ1n) is 13.3. The molecule has 1 heterocycles. The van der Waals surface area contributed by atoms with E-state index in [1.54, 1.807) is 51.1 Å².